The Bertz CT molecular complexity index is 1480. The van der Waals surface area contributed by atoms with Gasteiger partial charge in [-0.25, -0.2) is 0 Å². The van der Waals surface area contributed by atoms with E-state index < -0.39 is 29.3 Å². The summed E-state index contributed by atoms with van der Waals surface area (Å²) in [4.78, 5) is 71.4. The minimum Gasteiger partial charge on any atom is -0.379 e. The van der Waals surface area contributed by atoms with Crippen LogP contribution in [-0.4, -0.2) is 79.0 Å². The number of aryl methyl sites for hydroxylation is 1. The maximum Gasteiger partial charge on any atom is 0.224 e. The Morgan fingerprint density at radius 3 is 1.87 bits per heavy atom. The fourth-order valence-corrected chi connectivity index (χ4v) is 7.22. The number of nitrogens with one attached hydrogen (secondary N) is 2. The van der Waals surface area contributed by atoms with E-state index in [1.54, 1.807) is 0 Å². The lowest BCUT2D eigenvalue weighted by Gasteiger charge is -2.27. The third-order valence-electron chi connectivity index (χ3n) is 10.8. The fraction of sp³-hybridized carbons (Fsp3) is 0.614. The maximum atomic E-state index is 14.2. The van der Waals surface area contributed by atoms with Crippen LogP contribution < -0.4 is 10.6 Å². The van der Waals surface area contributed by atoms with Gasteiger partial charge >= 0.3 is 0 Å². The number of benzene rings is 2. The molecule has 2 fully saturated rings. The first-order valence-corrected chi connectivity index (χ1v) is 19.9. The van der Waals surface area contributed by atoms with Crippen molar-refractivity contribution in [3.05, 3.63) is 71.8 Å². The van der Waals surface area contributed by atoms with Crippen molar-refractivity contribution in [2.75, 3.05) is 32.8 Å². The number of nitrogens with zero attached hydrogens (tertiary/aromatic N) is 1. The largest absolute Gasteiger partial charge is 0.379 e. The molecule has 1 saturated carbocycles. The van der Waals surface area contributed by atoms with E-state index in [0.29, 0.717) is 58.3 Å². The second-order valence-corrected chi connectivity index (χ2v) is 16.5. The van der Waals surface area contributed by atoms with Crippen molar-refractivity contribution in [1.29, 1.82) is 0 Å². The predicted octanol–water partition coefficient (Wildman–Crippen LogP) is 6.17. The number of carbonyl (C=O) groups excluding carboxylic acids is 5. The lowest BCUT2D eigenvalue weighted by Crippen LogP contribution is -2.49. The zero-order valence-corrected chi connectivity index (χ0v) is 32.7. The molecule has 0 unspecified atom stereocenters. The van der Waals surface area contributed by atoms with Gasteiger partial charge in [-0.05, 0) is 67.9 Å². The quantitative estimate of drug-likeness (QED) is 0.140. The molecule has 2 amide bonds. The second-order valence-electron chi connectivity index (χ2n) is 16.5. The first kappa shape index (κ1) is 42.1. The summed E-state index contributed by atoms with van der Waals surface area (Å²) in [6.07, 6.45) is 4.42. The normalized spacial score (nSPS) is 17.8. The van der Waals surface area contributed by atoms with Gasteiger partial charge in [0.25, 0.3) is 0 Å². The van der Waals surface area contributed by atoms with Crippen LogP contribution in [0.5, 0.6) is 0 Å². The van der Waals surface area contributed by atoms with Crippen molar-refractivity contribution in [2.45, 2.75) is 111 Å². The average Bonchev–Trinajstić information content (AvgIpc) is 3.90. The van der Waals surface area contributed by atoms with Crippen LogP contribution in [-0.2, 0) is 41.6 Å². The van der Waals surface area contributed by atoms with Gasteiger partial charge in [0, 0.05) is 56.1 Å². The van der Waals surface area contributed by atoms with Gasteiger partial charge in [0.05, 0.1) is 25.3 Å². The van der Waals surface area contributed by atoms with Crippen molar-refractivity contribution in [3.8, 4) is 0 Å². The van der Waals surface area contributed by atoms with E-state index in [9.17, 15) is 24.0 Å². The highest BCUT2D eigenvalue weighted by atomic mass is 16.5. The average molecular weight is 730 g/mol. The van der Waals surface area contributed by atoms with Crippen LogP contribution in [0.25, 0.3) is 0 Å². The summed E-state index contributed by atoms with van der Waals surface area (Å²) in [5.74, 6) is -1.76. The molecule has 0 bridgehead atoms. The Balaban J connectivity index is 1.50. The van der Waals surface area contributed by atoms with Crippen molar-refractivity contribution in [3.63, 3.8) is 0 Å². The first-order chi connectivity index (χ1) is 25.3. The predicted molar refractivity (Wildman–Crippen MR) is 208 cm³/mol. The van der Waals surface area contributed by atoms with Gasteiger partial charge in [-0.3, -0.25) is 28.9 Å². The highest BCUT2D eigenvalue weighted by Crippen LogP contribution is 2.47. The number of ketones is 3. The second kappa shape index (κ2) is 20.7. The first-order valence-electron chi connectivity index (χ1n) is 19.9. The molecule has 0 radical (unpaired) electrons. The summed E-state index contributed by atoms with van der Waals surface area (Å²) in [7, 11) is 0. The van der Waals surface area contributed by atoms with Gasteiger partial charge < -0.3 is 15.4 Å². The number of hydrogen-bond acceptors (Lipinski definition) is 7. The maximum absolute atomic E-state index is 14.2. The molecule has 2 aliphatic rings. The summed E-state index contributed by atoms with van der Waals surface area (Å²) in [5.41, 5.74) is 1.61. The van der Waals surface area contributed by atoms with Crippen LogP contribution in [0.2, 0.25) is 0 Å². The third kappa shape index (κ3) is 14.2. The number of Topliss-reactive ketones (excluding diaryl/α,β-unsaturated/α-hetero) is 3. The SMILES string of the molecule is CC(C)C[C@H](NC(=O)[C@H](CCc1ccccc1)CC(=O)CCN1CCOCC1)C(=O)C[C@@H](Cc1ccccc1)C(=O)N[C@@H](CC(C)C)C(=O)C1(C)CC1. The monoisotopic (exact) mass is 729 g/mol. The van der Waals surface area contributed by atoms with Gasteiger partial charge in [-0.1, -0.05) is 95.3 Å². The highest BCUT2D eigenvalue weighted by molar-refractivity contribution is 5.97. The molecule has 1 aliphatic carbocycles. The topological polar surface area (TPSA) is 122 Å². The molecule has 1 aliphatic heterocycles. The van der Waals surface area contributed by atoms with Crippen LogP contribution >= 0.6 is 0 Å². The van der Waals surface area contributed by atoms with E-state index in [1.165, 1.54) is 0 Å². The number of amides is 2. The molecule has 53 heavy (non-hydrogen) atoms. The Hall–Kier alpha value is -3.69. The Morgan fingerprint density at radius 2 is 1.28 bits per heavy atom. The fourth-order valence-electron chi connectivity index (χ4n) is 7.22. The van der Waals surface area contributed by atoms with E-state index in [0.717, 1.165) is 37.1 Å². The molecule has 2 N–H and O–H groups in total. The summed E-state index contributed by atoms with van der Waals surface area (Å²) >= 11 is 0. The van der Waals surface area contributed by atoms with Crippen molar-refractivity contribution in [1.82, 2.24) is 15.5 Å². The van der Waals surface area contributed by atoms with Crippen molar-refractivity contribution in [2.24, 2.45) is 29.1 Å². The molecule has 1 saturated heterocycles. The molecule has 0 spiro atoms. The Labute approximate surface area is 317 Å². The van der Waals surface area contributed by atoms with E-state index in [-0.39, 0.29) is 53.8 Å². The zero-order valence-electron chi connectivity index (χ0n) is 32.7. The van der Waals surface area contributed by atoms with E-state index >= 15 is 0 Å². The minimum atomic E-state index is -0.810. The summed E-state index contributed by atoms with van der Waals surface area (Å²) in [6.45, 7) is 13.6. The standard InChI is InChI=1S/C44H63N3O6/c1-31(2)26-38(45-42(51)35(17-16-33-12-8-6-9-13-33)29-37(48)18-21-47-22-24-53-25-23-47)40(49)30-36(28-34-14-10-7-11-15-34)43(52)46-39(27-32(3)4)41(50)44(5)19-20-44/h6-15,31-32,35-36,38-39H,16-30H2,1-5H3,(H,45,51)(H,46,52)/t35-,36-,38+,39+/m1/s1. The number of carbonyl (C=O) groups is 5. The Morgan fingerprint density at radius 1 is 0.736 bits per heavy atom. The Kier molecular flexibility index (Phi) is 16.4. The number of ether oxygens (including phenoxy) is 1. The van der Waals surface area contributed by atoms with Gasteiger partial charge in [-0.15, -0.1) is 0 Å². The van der Waals surface area contributed by atoms with Crippen LogP contribution in [0, 0.1) is 29.1 Å². The summed E-state index contributed by atoms with van der Waals surface area (Å²) in [5, 5.41) is 6.14. The molecule has 2 aromatic rings. The molecule has 0 aromatic heterocycles. The van der Waals surface area contributed by atoms with Gasteiger partial charge in [0.2, 0.25) is 11.8 Å². The summed E-state index contributed by atoms with van der Waals surface area (Å²) in [6, 6.07) is 18.1. The zero-order chi connectivity index (χ0) is 38.4. The molecular formula is C44H63N3O6. The van der Waals surface area contributed by atoms with Gasteiger partial charge in [-0.2, -0.15) is 0 Å². The minimum absolute atomic E-state index is 0.0293. The van der Waals surface area contributed by atoms with Crippen LogP contribution in [0.3, 0.4) is 0 Å². The molecule has 2 aromatic carbocycles. The lowest BCUT2D eigenvalue weighted by molar-refractivity contribution is -0.135. The smallest absolute Gasteiger partial charge is 0.224 e. The van der Waals surface area contributed by atoms with Crippen LogP contribution in [0.1, 0.15) is 97.1 Å². The molecular weight excluding hydrogens is 666 g/mol. The lowest BCUT2D eigenvalue weighted by atomic mass is 9.87. The molecule has 9 heteroatoms. The van der Waals surface area contributed by atoms with Crippen LogP contribution in [0.4, 0.5) is 0 Å². The number of rotatable bonds is 23. The molecule has 4 atom stereocenters. The van der Waals surface area contributed by atoms with E-state index in [2.05, 4.69) is 15.5 Å². The van der Waals surface area contributed by atoms with Crippen molar-refractivity contribution < 1.29 is 28.7 Å². The van der Waals surface area contributed by atoms with Crippen molar-refractivity contribution >= 4 is 29.2 Å². The third-order valence-corrected chi connectivity index (χ3v) is 10.8. The highest BCUT2D eigenvalue weighted by Gasteiger charge is 2.48. The van der Waals surface area contributed by atoms with Gasteiger partial charge in [0.1, 0.15) is 5.78 Å². The molecule has 1 heterocycles. The molecule has 9 nitrogen and oxygen atoms in total. The summed E-state index contributed by atoms with van der Waals surface area (Å²) < 4.78 is 5.44. The molecule has 4 rings (SSSR count). The van der Waals surface area contributed by atoms with E-state index in [1.807, 2.05) is 95.3 Å². The van der Waals surface area contributed by atoms with Crippen LogP contribution in [0.15, 0.2) is 60.7 Å². The number of hydrogen-bond donors (Lipinski definition) is 2. The number of morpholine rings is 1. The van der Waals surface area contributed by atoms with Gasteiger partial charge in [0.15, 0.2) is 11.6 Å². The molecule has 290 valence electrons. The van der Waals surface area contributed by atoms with E-state index in [4.69, 9.17) is 4.74 Å².